The first-order chi connectivity index (χ1) is 5.54. The summed E-state index contributed by atoms with van der Waals surface area (Å²) in [4.78, 5) is 3.78. The Morgan fingerprint density at radius 3 is 2.50 bits per heavy atom. The Morgan fingerprint density at radius 1 is 1.50 bits per heavy atom. The molecule has 1 heterocycles. The van der Waals surface area contributed by atoms with Crippen molar-refractivity contribution in [1.29, 1.82) is 0 Å². The van der Waals surface area contributed by atoms with Gasteiger partial charge in [0.15, 0.2) is 14.9 Å². The Hall–Kier alpha value is -0.550. The molecule has 0 unspecified atom stereocenters. The lowest BCUT2D eigenvalue weighted by atomic mass is 10.3. The molecule has 1 rings (SSSR count). The van der Waals surface area contributed by atoms with Gasteiger partial charge in [-0.15, -0.1) is 0 Å². The van der Waals surface area contributed by atoms with Gasteiger partial charge in [0, 0.05) is 18.2 Å². The summed E-state index contributed by atoms with van der Waals surface area (Å²) >= 11 is 4.03. The van der Waals surface area contributed by atoms with Crippen LogP contribution in [-0.4, -0.2) is 19.7 Å². The van der Waals surface area contributed by atoms with Crippen LogP contribution >= 0.6 is 12.6 Å². The number of hydrogen-bond acceptors (Lipinski definition) is 4. The summed E-state index contributed by atoms with van der Waals surface area (Å²) in [6.45, 7) is 0. The van der Waals surface area contributed by atoms with Gasteiger partial charge in [-0.2, -0.15) is 12.6 Å². The van der Waals surface area contributed by atoms with Crippen LogP contribution in [-0.2, 0) is 15.6 Å². The van der Waals surface area contributed by atoms with Gasteiger partial charge in [-0.3, -0.25) is 0 Å². The summed E-state index contributed by atoms with van der Waals surface area (Å²) in [6, 6.07) is 3.19. The minimum Gasteiger partial charge on any atom is -0.244 e. The van der Waals surface area contributed by atoms with Gasteiger partial charge in [0.2, 0.25) is 0 Å². The lowest BCUT2D eigenvalue weighted by Gasteiger charge is -1.97. The van der Waals surface area contributed by atoms with Crippen LogP contribution in [0.25, 0.3) is 0 Å². The molecule has 0 fully saturated rings. The van der Waals surface area contributed by atoms with E-state index in [0.29, 0.717) is 5.75 Å². The summed E-state index contributed by atoms with van der Waals surface area (Å²) < 4.78 is 21.9. The van der Waals surface area contributed by atoms with E-state index < -0.39 is 9.84 Å². The molecular formula is C7H9NO2S2. The summed E-state index contributed by atoms with van der Waals surface area (Å²) in [6.07, 6.45) is 2.65. The fraction of sp³-hybridized carbons (Fsp3) is 0.286. The molecule has 0 aliphatic heterocycles. The highest BCUT2D eigenvalue weighted by Crippen LogP contribution is 2.07. The number of sulfone groups is 1. The number of hydrogen-bond donors (Lipinski definition) is 1. The quantitative estimate of drug-likeness (QED) is 0.727. The predicted octanol–water partition coefficient (Wildman–Crippen LogP) is 0.915. The summed E-state index contributed by atoms with van der Waals surface area (Å²) in [5, 5.41) is 0.105. The van der Waals surface area contributed by atoms with E-state index >= 15 is 0 Å². The second-order valence-corrected chi connectivity index (χ2v) is 4.71. The highest BCUT2D eigenvalue weighted by atomic mass is 32.2. The van der Waals surface area contributed by atoms with E-state index in [2.05, 4.69) is 17.6 Å². The first-order valence-corrected chi connectivity index (χ1v) is 5.82. The Balaban J connectivity index is 3.09. The molecule has 1 aromatic heterocycles. The normalized spacial score (nSPS) is 11.5. The van der Waals surface area contributed by atoms with Gasteiger partial charge in [-0.25, -0.2) is 13.4 Å². The minimum absolute atomic E-state index is 0.105. The van der Waals surface area contributed by atoms with Crippen molar-refractivity contribution in [2.45, 2.75) is 10.8 Å². The van der Waals surface area contributed by atoms with Gasteiger partial charge in [0.05, 0.1) is 0 Å². The van der Waals surface area contributed by atoms with Crippen molar-refractivity contribution in [2.75, 3.05) is 6.26 Å². The van der Waals surface area contributed by atoms with Crippen LogP contribution in [0.3, 0.4) is 0 Å². The molecule has 12 heavy (non-hydrogen) atoms. The van der Waals surface area contributed by atoms with Crippen LogP contribution in [0.2, 0.25) is 0 Å². The van der Waals surface area contributed by atoms with E-state index in [1.807, 2.05) is 0 Å². The Kier molecular flexibility index (Phi) is 2.74. The lowest BCUT2D eigenvalue weighted by molar-refractivity contribution is 0.598. The number of aromatic nitrogens is 1. The smallest absolute Gasteiger partial charge is 0.192 e. The molecule has 0 aliphatic rings. The molecule has 5 heteroatoms. The molecular weight excluding hydrogens is 194 g/mol. The van der Waals surface area contributed by atoms with E-state index in [4.69, 9.17) is 0 Å². The molecule has 0 atom stereocenters. The molecule has 0 bridgehead atoms. The first-order valence-electron chi connectivity index (χ1n) is 3.30. The summed E-state index contributed by atoms with van der Waals surface area (Å²) in [7, 11) is -3.16. The van der Waals surface area contributed by atoms with Gasteiger partial charge >= 0.3 is 0 Å². The Labute approximate surface area is 77.2 Å². The van der Waals surface area contributed by atoms with Crippen molar-refractivity contribution in [3.05, 3.63) is 23.9 Å². The average Bonchev–Trinajstić information content (AvgIpc) is 2.03. The number of rotatable bonds is 2. The first kappa shape index (κ1) is 9.54. The molecule has 0 spiro atoms. The Bertz CT molecular complexity index is 355. The minimum atomic E-state index is -3.16. The van der Waals surface area contributed by atoms with Gasteiger partial charge in [0.1, 0.15) is 0 Å². The van der Waals surface area contributed by atoms with E-state index in [0.717, 1.165) is 11.8 Å². The average molecular weight is 203 g/mol. The summed E-state index contributed by atoms with van der Waals surface area (Å²) in [5.74, 6) is 0.567. The second kappa shape index (κ2) is 3.45. The molecule has 0 radical (unpaired) electrons. The van der Waals surface area contributed by atoms with E-state index in [-0.39, 0.29) is 5.03 Å². The van der Waals surface area contributed by atoms with Crippen molar-refractivity contribution >= 4 is 22.5 Å². The van der Waals surface area contributed by atoms with Gasteiger partial charge in [-0.05, 0) is 11.6 Å². The number of pyridine rings is 1. The maximum absolute atomic E-state index is 11.0. The predicted molar refractivity (Wildman–Crippen MR) is 50.0 cm³/mol. The van der Waals surface area contributed by atoms with Crippen molar-refractivity contribution in [2.24, 2.45) is 0 Å². The van der Waals surface area contributed by atoms with Crippen molar-refractivity contribution < 1.29 is 8.42 Å². The molecule has 0 N–H and O–H groups in total. The largest absolute Gasteiger partial charge is 0.244 e. The fourth-order valence-corrected chi connectivity index (χ4v) is 1.47. The van der Waals surface area contributed by atoms with E-state index in [9.17, 15) is 8.42 Å². The molecule has 66 valence electrons. The standard InChI is InChI=1S/C7H9NO2S2/c1-12(9,10)7-3-2-6(5-11)4-8-7/h2-4,11H,5H2,1H3. The molecule has 0 aromatic carbocycles. The zero-order chi connectivity index (χ0) is 9.19. The van der Waals surface area contributed by atoms with Gasteiger partial charge < -0.3 is 0 Å². The SMILES string of the molecule is CS(=O)(=O)c1ccc(CS)cn1. The van der Waals surface area contributed by atoms with Crippen LogP contribution < -0.4 is 0 Å². The van der Waals surface area contributed by atoms with Crippen molar-refractivity contribution in [1.82, 2.24) is 4.98 Å². The second-order valence-electron chi connectivity index (χ2n) is 2.43. The lowest BCUT2D eigenvalue weighted by Crippen LogP contribution is -2.00. The van der Waals surface area contributed by atoms with Gasteiger partial charge in [-0.1, -0.05) is 6.07 Å². The maximum atomic E-state index is 11.0. The number of nitrogens with zero attached hydrogens (tertiary/aromatic N) is 1. The van der Waals surface area contributed by atoms with Crippen molar-refractivity contribution in [3.8, 4) is 0 Å². The van der Waals surface area contributed by atoms with Crippen LogP contribution in [0.4, 0.5) is 0 Å². The Morgan fingerprint density at radius 2 is 2.17 bits per heavy atom. The summed E-state index contributed by atoms with van der Waals surface area (Å²) in [5.41, 5.74) is 0.908. The molecule has 0 saturated heterocycles. The van der Waals surface area contributed by atoms with Crippen LogP contribution in [0.15, 0.2) is 23.4 Å². The fourth-order valence-electron chi connectivity index (χ4n) is 0.724. The van der Waals surface area contributed by atoms with Crippen LogP contribution in [0, 0.1) is 0 Å². The van der Waals surface area contributed by atoms with Crippen LogP contribution in [0.5, 0.6) is 0 Å². The molecule has 0 amide bonds. The third-order valence-electron chi connectivity index (χ3n) is 1.36. The maximum Gasteiger partial charge on any atom is 0.192 e. The topological polar surface area (TPSA) is 47.0 Å². The molecule has 0 aliphatic carbocycles. The highest BCUT2D eigenvalue weighted by molar-refractivity contribution is 7.90. The van der Waals surface area contributed by atoms with E-state index in [1.54, 1.807) is 6.07 Å². The van der Waals surface area contributed by atoms with Gasteiger partial charge in [0.25, 0.3) is 0 Å². The van der Waals surface area contributed by atoms with E-state index in [1.165, 1.54) is 12.3 Å². The zero-order valence-corrected chi connectivity index (χ0v) is 8.27. The molecule has 0 saturated carbocycles. The zero-order valence-electron chi connectivity index (χ0n) is 6.56. The third kappa shape index (κ3) is 2.22. The monoisotopic (exact) mass is 203 g/mol. The highest BCUT2D eigenvalue weighted by Gasteiger charge is 2.06. The third-order valence-corrected chi connectivity index (χ3v) is 2.73. The molecule has 1 aromatic rings. The van der Waals surface area contributed by atoms with Crippen molar-refractivity contribution in [3.63, 3.8) is 0 Å². The van der Waals surface area contributed by atoms with Crippen LogP contribution in [0.1, 0.15) is 5.56 Å². The number of thiol groups is 1. The molecule has 3 nitrogen and oxygen atoms in total.